The van der Waals surface area contributed by atoms with Crippen molar-refractivity contribution in [2.24, 2.45) is 0 Å². The molecule has 154 valence electrons. The van der Waals surface area contributed by atoms with Gasteiger partial charge in [0, 0.05) is 17.2 Å². The minimum absolute atomic E-state index is 0.104. The van der Waals surface area contributed by atoms with Gasteiger partial charge in [0.05, 0.1) is 24.1 Å². The molecule has 0 aliphatic rings. The number of para-hydroxylation sites is 1. The maximum absolute atomic E-state index is 13.4. The summed E-state index contributed by atoms with van der Waals surface area (Å²) in [6, 6.07) is 12.5. The standard InChI is InChI=1S/C19H15F3N6OS/c1-11-16(25-27-28(11)15-6-4-3-5-14(15)19(20,21)22)17-24-18(30-26-17)23-12-7-9-13(29-2)10-8-12/h3-10H,1-2H3,(H,23,24,26). The van der Waals surface area contributed by atoms with Crippen molar-refractivity contribution in [1.29, 1.82) is 0 Å². The molecule has 0 bridgehead atoms. The first kappa shape index (κ1) is 19.8. The van der Waals surface area contributed by atoms with E-state index >= 15 is 0 Å². The molecule has 0 aliphatic carbocycles. The zero-order valence-electron chi connectivity index (χ0n) is 15.8. The van der Waals surface area contributed by atoms with Crippen LogP contribution in [-0.4, -0.2) is 31.5 Å². The van der Waals surface area contributed by atoms with Crippen molar-refractivity contribution in [3.63, 3.8) is 0 Å². The Kier molecular flexibility index (Phi) is 5.12. The molecule has 0 saturated carbocycles. The lowest BCUT2D eigenvalue weighted by molar-refractivity contribution is -0.137. The number of hydrogen-bond donors (Lipinski definition) is 1. The number of rotatable bonds is 5. The van der Waals surface area contributed by atoms with Crippen molar-refractivity contribution >= 4 is 22.4 Å². The summed E-state index contributed by atoms with van der Waals surface area (Å²) in [4.78, 5) is 4.38. The van der Waals surface area contributed by atoms with Crippen LogP contribution in [0.3, 0.4) is 0 Å². The Morgan fingerprint density at radius 3 is 2.50 bits per heavy atom. The molecule has 0 spiro atoms. The molecule has 0 amide bonds. The van der Waals surface area contributed by atoms with Gasteiger partial charge in [0.2, 0.25) is 5.13 Å². The van der Waals surface area contributed by atoms with Crippen LogP contribution < -0.4 is 10.1 Å². The van der Waals surface area contributed by atoms with E-state index in [2.05, 4.69) is 25.0 Å². The van der Waals surface area contributed by atoms with Gasteiger partial charge in [-0.1, -0.05) is 17.3 Å². The average molecular weight is 432 g/mol. The van der Waals surface area contributed by atoms with E-state index in [0.717, 1.165) is 33.7 Å². The number of aromatic nitrogens is 5. The molecular formula is C19H15F3N6OS. The Labute approximate surface area is 173 Å². The van der Waals surface area contributed by atoms with Gasteiger partial charge in [-0.25, -0.2) is 4.68 Å². The minimum atomic E-state index is -4.51. The molecule has 7 nitrogen and oxygen atoms in total. The van der Waals surface area contributed by atoms with Crippen LogP contribution in [0.1, 0.15) is 11.3 Å². The van der Waals surface area contributed by atoms with Gasteiger partial charge < -0.3 is 10.1 Å². The lowest BCUT2D eigenvalue weighted by Crippen LogP contribution is -2.12. The molecule has 1 N–H and O–H groups in total. The fourth-order valence-corrected chi connectivity index (χ4v) is 3.42. The van der Waals surface area contributed by atoms with E-state index in [1.165, 1.54) is 18.2 Å². The summed E-state index contributed by atoms with van der Waals surface area (Å²) >= 11 is 1.11. The maximum Gasteiger partial charge on any atom is 0.418 e. The molecule has 4 rings (SSSR count). The normalized spacial score (nSPS) is 11.5. The third kappa shape index (κ3) is 3.83. The number of benzene rings is 2. The fraction of sp³-hybridized carbons (Fsp3) is 0.158. The Morgan fingerprint density at radius 1 is 1.07 bits per heavy atom. The monoisotopic (exact) mass is 432 g/mol. The van der Waals surface area contributed by atoms with Crippen molar-refractivity contribution in [1.82, 2.24) is 24.4 Å². The van der Waals surface area contributed by atoms with E-state index in [1.54, 1.807) is 26.2 Å². The van der Waals surface area contributed by atoms with Crippen LogP contribution in [-0.2, 0) is 6.18 Å². The Hall–Kier alpha value is -3.47. The Bertz CT molecular complexity index is 1170. The summed E-state index contributed by atoms with van der Waals surface area (Å²) in [5, 5.41) is 11.5. The maximum atomic E-state index is 13.4. The first-order valence-corrected chi connectivity index (χ1v) is 9.48. The van der Waals surface area contributed by atoms with Gasteiger partial charge in [0.15, 0.2) is 11.5 Å². The summed E-state index contributed by atoms with van der Waals surface area (Å²) in [7, 11) is 1.59. The van der Waals surface area contributed by atoms with E-state index in [-0.39, 0.29) is 11.5 Å². The Morgan fingerprint density at radius 2 is 1.80 bits per heavy atom. The molecule has 2 heterocycles. The highest BCUT2D eigenvalue weighted by atomic mass is 32.1. The van der Waals surface area contributed by atoms with Crippen LogP contribution in [0.4, 0.5) is 24.0 Å². The number of alkyl halides is 3. The smallest absolute Gasteiger partial charge is 0.418 e. The first-order chi connectivity index (χ1) is 14.4. The van der Waals surface area contributed by atoms with Gasteiger partial charge in [0.1, 0.15) is 5.75 Å². The highest BCUT2D eigenvalue weighted by Crippen LogP contribution is 2.34. The van der Waals surface area contributed by atoms with Gasteiger partial charge >= 0.3 is 6.18 Å². The molecule has 4 aromatic rings. The van der Waals surface area contributed by atoms with Crippen molar-refractivity contribution in [3.05, 3.63) is 59.8 Å². The molecule has 0 atom stereocenters. The van der Waals surface area contributed by atoms with E-state index in [9.17, 15) is 13.2 Å². The molecule has 0 aliphatic heterocycles. The van der Waals surface area contributed by atoms with E-state index in [0.29, 0.717) is 16.5 Å². The van der Waals surface area contributed by atoms with Crippen molar-refractivity contribution in [3.8, 4) is 23.0 Å². The fourth-order valence-electron chi connectivity index (χ4n) is 2.83. The Balaban J connectivity index is 1.62. The van der Waals surface area contributed by atoms with Gasteiger partial charge in [0.25, 0.3) is 0 Å². The van der Waals surface area contributed by atoms with Gasteiger partial charge in [-0.3, -0.25) is 0 Å². The lowest BCUT2D eigenvalue weighted by Gasteiger charge is -2.12. The SMILES string of the molecule is COc1ccc(Nc2nc(-c3nnn(-c4ccccc4C(F)(F)F)c3C)ns2)cc1. The molecule has 0 unspecified atom stereocenters. The van der Waals surface area contributed by atoms with E-state index in [4.69, 9.17) is 4.74 Å². The van der Waals surface area contributed by atoms with Gasteiger partial charge in [-0.15, -0.1) is 5.10 Å². The highest BCUT2D eigenvalue weighted by molar-refractivity contribution is 7.09. The second kappa shape index (κ2) is 7.75. The minimum Gasteiger partial charge on any atom is -0.497 e. The lowest BCUT2D eigenvalue weighted by atomic mass is 10.1. The predicted molar refractivity (Wildman–Crippen MR) is 106 cm³/mol. The van der Waals surface area contributed by atoms with E-state index < -0.39 is 11.7 Å². The van der Waals surface area contributed by atoms with Crippen LogP contribution >= 0.6 is 11.5 Å². The zero-order valence-corrected chi connectivity index (χ0v) is 16.6. The topological polar surface area (TPSA) is 77.8 Å². The molecule has 2 aromatic carbocycles. The van der Waals surface area contributed by atoms with Gasteiger partial charge in [-0.05, 0) is 43.3 Å². The van der Waals surface area contributed by atoms with Crippen LogP contribution in [0, 0.1) is 6.92 Å². The number of methoxy groups -OCH3 is 1. The van der Waals surface area contributed by atoms with Crippen LogP contribution in [0.5, 0.6) is 5.75 Å². The van der Waals surface area contributed by atoms with Crippen LogP contribution in [0.15, 0.2) is 48.5 Å². The summed E-state index contributed by atoms with van der Waals surface area (Å²) in [5.41, 5.74) is 0.607. The van der Waals surface area contributed by atoms with Crippen LogP contribution in [0.2, 0.25) is 0 Å². The number of hydrogen-bond acceptors (Lipinski definition) is 7. The molecule has 0 radical (unpaired) electrons. The quantitative estimate of drug-likeness (QED) is 0.485. The molecule has 11 heteroatoms. The number of anilines is 2. The van der Waals surface area contributed by atoms with Crippen molar-refractivity contribution in [2.45, 2.75) is 13.1 Å². The molecule has 0 saturated heterocycles. The predicted octanol–water partition coefficient (Wildman–Crippen LogP) is 4.87. The third-order valence-corrected chi connectivity index (χ3v) is 4.94. The first-order valence-electron chi connectivity index (χ1n) is 8.71. The second-order valence-electron chi connectivity index (χ2n) is 6.23. The number of ether oxygens (including phenoxy) is 1. The molecule has 0 fully saturated rings. The number of nitrogens with one attached hydrogen (secondary N) is 1. The summed E-state index contributed by atoms with van der Waals surface area (Å²) in [6.45, 7) is 1.63. The largest absolute Gasteiger partial charge is 0.497 e. The van der Waals surface area contributed by atoms with Crippen LogP contribution in [0.25, 0.3) is 17.2 Å². The van der Waals surface area contributed by atoms with E-state index in [1.807, 2.05) is 12.1 Å². The number of halogens is 3. The number of nitrogens with zero attached hydrogens (tertiary/aromatic N) is 5. The van der Waals surface area contributed by atoms with Gasteiger partial charge in [-0.2, -0.15) is 22.5 Å². The molecular weight excluding hydrogens is 417 g/mol. The molecule has 2 aromatic heterocycles. The average Bonchev–Trinajstić information content (AvgIpc) is 3.34. The second-order valence-corrected chi connectivity index (χ2v) is 6.98. The zero-order chi connectivity index (χ0) is 21.3. The summed E-state index contributed by atoms with van der Waals surface area (Å²) < 4.78 is 50.6. The molecule has 30 heavy (non-hydrogen) atoms. The third-order valence-electron chi connectivity index (χ3n) is 4.31. The summed E-state index contributed by atoms with van der Waals surface area (Å²) in [5.74, 6) is 1.01. The summed E-state index contributed by atoms with van der Waals surface area (Å²) in [6.07, 6.45) is -4.51. The van der Waals surface area contributed by atoms with Crippen molar-refractivity contribution in [2.75, 3.05) is 12.4 Å². The highest BCUT2D eigenvalue weighted by Gasteiger charge is 2.34. The van der Waals surface area contributed by atoms with Crippen molar-refractivity contribution < 1.29 is 17.9 Å².